The summed E-state index contributed by atoms with van der Waals surface area (Å²) in [5.74, 6) is -0.926. The molecule has 0 radical (unpaired) electrons. The molecule has 0 aliphatic rings. The Bertz CT molecular complexity index is 1120. The van der Waals surface area contributed by atoms with Gasteiger partial charge in [-0.15, -0.1) is 0 Å². The van der Waals surface area contributed by atoms with Crippen LogP contribution in [0.1, 0.15) is 38.8 Å². The van der Waals surface area contributed by atoms with Gasteiger partial charge in [0.1, 0.15) is 12.6 Å². The van der Waals surface area contributed by atoms with Crippen LogP contribution in [0.5, 0.6) is 0 Å². The zero-order valence-electron chi connectivity index (χ0n) is 20.0. The van der Waals surface area contributed by atoms with Crippen LogP contribution in [-0.4, -0.2) is 50.0 Å². The molecule has 10 heteroatoms. The van der Waals surface area contributed by atoms with Gasteiger partial charge < -0.3 is 10.2 Å². The first-order valence-electron chi connectivity index (χ1n) is 10.9. The molecule has 34 heavy (non-hydrogen) atoms. The lowest BCUT2D eigenvalue weighted by molar-refractivity contribution is -0.139. The monoisotopic (exact) mass is 527 g/mol. The first-order valence-corrected chi connectivity index (χ1v) is 13.6. The molecule has 0 fully saturated rings. The van der Waals surface area contributed by atoms with Crippen LogP contribution in [0.15, 0.2) is 42.5 Å². The maximum absolute atomic E-state index is 13.6. The Morgan fingerprint density at radius 1 is 1.00 bits per heavy atom. The van der Waals surface area contributed by atoms with Gasteiger partial charge in [-0.3, -0.25) is 13.9 Å². The molecule has 0 aliphatic carbocycles. The summed E-state index contributed by atoms with van der Waals surface area (Å²) in [6.07, 6.45) is 1.64. The number of anilines is 1. The standard InChI is InChI=1S/C24H31Cl2N3O4S/c1-6-18-10-7-8-13-22(18)29(34(5,32)33)15-23(30)28(17(4)24(31)27-16(2)3)14-19-20(25)11-9-12-21(19)26/h7-13,16-17H,6,14-15H2,1-5H3,(H,27,31)/t17-/m0/s1. The summed E-state index contributed by atoms with van der Waals surface area (Å²) in [5, 5.41) is 3.49. The van der Waals surface area contributed by atoms with Crippen molar-refractivity contribution in [3.8, 4) is 0 Å². The predicted molar refractivity (Wildman–Crippen MR) is 138 cm³/mol. The van der Waals surface area contributed by atoms with E-state index in [1.165, 1.54) is 4.90 Å². The van der Waals surface area contributed by atoms with Gasteiger partial charge in [-0.05, 0) is 51.0 Å². The third kappa shape index (κ3) is 7.10. The third-order valence-electron chi connectivity index (χ3n) is 5.31. The Morgan fingerprint density at radius 2 is 1.59 bits per heavy atom. The SMILES string of the molecule is CCc1ccccc1N(CC(=O)N(Cc1c(Cl)cccc1Cl)[C@@H](C)C(=O)NC(C)C)S(C)(=O)=O. The van der Waals surface area contributed by atoms with Crippen molar-refractivity contribution in [1.29, 1.82) is 0 Å². The number of para-hydroxylation sites is 1. The molecular weight excluding hydrogens is 497 g/mol. The highest BCUT2D eigenvalue weighted by Crippen LogP contribution is 2.28. The van der Waals surface area contributed by atoms with E-state index in [0.717, 1.165) is 16.1 Å². The number of nitrogens with zero attached hydrogens (tertiary/aromatic N) is 2. The van der Waals surface area contributed by atoms with E-state index in [0.29, 0.717) is 27.7 Å². The number of aryl methyl sites for hydroxylation is 1. The molecule has 7 nitrogen and oxygen atoms in total. The number of hydrogen-bond acceptors (Lipinski definition) is 4. The van der Waals surface area contributed by atoms with Gasteiger partial charge in [-0.1, -0.05) is 54.4 Å². The van der Waals surface area contributed by atoms with Crippen molar-refractivity contribution in [3.63, 3.8) is 0 Å². The van der Waals surface area contributed by atoms with E-state index in [4.69, 9.17) is 23.2 Å². The fourth-order valence-corrected chi connectivity index (χ4v) is 4.89. The first-order chi connectivity index (χ1) is 15.9. The molecule has 0 saturated carbocycles. The highest BCUT2D eigenvalue weighted by atomic mass is 35.5. The van der Waals surface area contributed by atoms with Crippen molar-refractivity contribution < 1.29 is 18.0 Å². The Balaban J connectivity index is 2.49. The Kier molecular flexibility index (Phi) is 9.79. The lowest BCUT2D eigenvalue weighted by atomic mass is 10.1. The number of hydrogen-bond donors (Lipinski definition) is 1. The predicted octanol–water partition coefficient (Wildman–Crippen LogP) is 4.26. The largest absolute Gasteiger partial charge is 0.352 e. The van der Waals surface area contributed by atoms with Gasteiger partial charge in [0.05, 0.1) is 11.9 Å². The minimum absolute atomic E-state index is 0.0585. The molecular formula is C24H31Cl2N3O4S. The number of nitrogens with one attached hydrogen (secondary N) is 1. The van der Waals surface area contributed by atoms with E-state index >= 15 is 0 Å². The summed E-state index contributed by atoms with van der Waals surface area (Å²) in [6, 6.07) is 10.9. The molecule has 186 valence electrons. The van der Waals surface area contributed by atoms with Crippen molar-refractivity contribution >= 4 is 50.7 Å². The van der Waals surface area contributed by atoms with Crippen LogP contribution in [0.4, 0.5) is 5.69 Å². The summed E-state index contributed by atoms with van der Waals surface area (Å²) < 4.78 is 26.5. The highest BCUT2D eigenvalue weighted by Gasteiger charge is 2.31. The molecule has 0 heterocycles. The van der Waals surface area contributed by atoms with E-state index in [1.807, 2.05) is 32.9 Å². The minimum atomic E-state index is -3.80. The van der Waals surface area contributed by atoms with Crippen LogP contribution in [0.3, 0.4) is 0 Å². The summed E-state index contributed by atoms with van der Waals surface area (Å²) in [6.45, 7) is 6.59. The van der Waals surface area contributed by atoms with Gasteiger partial charge in [0, 0.05) is 28.2 Å². The van der Waals surface area contributed by atoms with Crippen LogP contribution < -0.4 is 9.62 Å². The smallest absolute Gasteiger partial charge is 0.244 e. The fourth-order valence-electron chi connectivity index (χ4n) is 3.49. The zero-order chi connectivity index (χ0) is 25.6. The van der Waals surface area contributed by atoms with E-state index in [-0.39, 0.29) is 18.5 Å². The molecule has 0 unspecified atom stereocenters. The Hall–Kier alpha value is -2.29. The van der Waals surface area contributed by atoms with Crippen LogP contribution in [-0.2, 0) is 32.6 Å². The van der Waals surface area contributed by atoms with Gasteiger partial charge in [-0.25, -0.2) is 8.42 Å². The maximum Gasteiger partial charge on any atom is 0.244 e. The van der Waals surface area contributed by atoms with Crippen LogP contribution in [0.25, 0.3) is 0 Å². The van der Waals surface area contributed by atoms with Gasteiger partial charge in [0.25, 0.3) is 0 Å². The molecule has 2 aromatic carbocycles. The Morgan fingerprint density at radius 3 is 2.12 bits per heavy atom. The lowest BCUT2D eigenvalue weighted by Crippen LogP contribution is -2.52. The van der Waals surface area contributed by atoms with Gasteiger partial charge in [0.15, 0.2) is 0 Å². The van der Waals surface area contributed by atoms with Crippen LogP contribution in [0, 0.1) is 0 Å². The molecule has 0 aliphatic heterocycles. The molecule has 2 aromatic rings. The average Bonchev–Trinajstić information content (AvgIpc) is 2.75. The van der Waals surface area contributed by atoms with Crippen LogP contribution in [0.2, 0.25) is 10.0 Å². The molecule has 0 bridgehead atoms. The van der Waals surface area contributed by atoms with Gasteiger partial charge >= 0.3 is 0 Å². The quantitative estimate of drug-likeness (QED) is 0.499. The summed E-state index contributed by atoms with van der Waals surface area (Å²) in [4.78, 5) is 27.7. The van der Waals surface area contributed by atoms with E-state index < -0.39 is 28.5 Å². The molecule has 0 saturated heterocycles. The lowest BCUT2D eigenvalue weighted by Gasteiger charge is -2.32. The molecule has 2 amide bonds. The van der Waals surface area contributed by atoms with Crippen molar-refractivity contribution in [1.82, 2.24) is 10.2 Å². The molecule has 2 rings (SSSR count). The second-order valence-corrected chi connectivity index (χ2v) is 11.0. The number of carbonyl (C=O) groups is 2. The molecule has 0 spiro atoms. The molecule has 1 N–H and O–H groups in total. The van der Waals surface area contributed by atoms with E-state index in [2.05, 4.69) is 5.32 Å². The molecule has 1 atom stereocenters. The number of carbonyl (C=O) groups excluding carboxylic acids is 2. The van der Waals surface area contributed by atoms with Crippen molar-refractivity contribution in [2.45, 2.75) is 52.7 Å². The van der Waals surface area contributed by atoms with Crippen molar-refractivity contribution in [3.05, 3.63) is 63.6 Å². The van der Waals surface area contributed by atoms with E-state index in [9.17, 15) is 18.0 Å². The first kappa shape index (κ1) is 28.0. The normalized spacial score (nSPS) is 12.4. The number of rotatable bonds is 10. The maximum atomic E-state index is 13.6. The number of amides is 2. The Labute approximate surface area is 212 Å². The van der Waals surface area contributed by atoms with Gasteiger partial charge in [-0.2, -0.15) is 0 Å². The number of sulfonamides is 1. The summed E-state index contributed by atoms with van der Waals surface area (Å²) >= 11 is 12.7. The minimum Gasteiger partial charge on any atom is -0.352 e. The second kappa shape index (κ2) is 11.9. The average molecular weight is 529 g/mol. The topological polar surface area (TPSA) is 86.8 Å². The van der Waals surface area contributed by atoms with Gasteiger partial charge in [0.2, 0.25) is 21.8 Å². The number of halogens is 2. The zero-order valence-corrected chi connectivity index (χ0v) is 22.3. The second-order valence-electron chi connectivity index (χ2n) is 8.31. The number of benzene rings is 2. The van der Waals surface area contributed by atoms with Crippen LogP contribution >= 0.6 is 23.2 Å². The highest BCUT2D eigenvalue weighted by molar-refractivity contribution is 7.92. The third-order valence-corrected chi connectivity index (χ3v) is 7.14. The van der Waals surface area contributed by atoms with E-state index in [1.54, 1.807) is 37.3 Å². The summed E-state index contributed by atoms with van der Waals surface area (Å²) in [7, 11) is -3.80. The van der Waals surface area contributed by atoms with Crippen molar-refractivity contribution in [2.24, 2.45) is 0 Å². The molecule has 0 aromatic heterocycles. The summed E-state index contributed by atoms with van der Waals surface area (Å²) in [5.41, 5.74) is 1.69. The fraction of sp³-hybridized carbons (Fsp3) is 0.417. The van der Waals surface area contributed by atoms with Crippen molar-refractivity contribution in [2.75, 3.05) is 17.1 Å².